The van der Waals surface area contributed by atoms with Crippen LogP contribution in [0.1, 0.15) is 33.1 Å². The zero-order valence-electron chi connectivity index (χ0n) is 16.3. The van der Waals surface area contributed by atoms with Crippen LogP contribution in [0, 0.1) is 0 Å². The maximum atomic E-state index is 6.16. The van der Waals surface area contributed by atoms with Gasteiger partial charge in [0.05, 0.1) is 11.1 Å². The minimum Gasteiger partial charge on any atom is -0.488 e. The van der Waals surface area contributed by atoms with Gasteiger partial charge in [-0.2, -0.15) is 5.10 Å². The first-order valence-electron chi connectivity index (χ1n) is 10.2. The smallest absolute Gasteiger partial charge is 0.129 e. The highest BCUT2D eigenvalue weighted by atomic mass is 16.5. The molecule has 2 aliphatic heterocycles. The number of hydrogen-bond donors (Lipinski definition) is 2. The van der Waals surface area contributed by atoms with Crippen LogP contribution in [-0.2, 0) is 0 Å². The molecule has 28 heavy (non-hydrogen) atoms. The van der Waals surface area contributed by atoms with Crippen molar-refractivity contribution in [3.63, 3.8) is 0 Å². The van der Waals surface area contributed by atoms with Gasteiger partial charge in [-0.05, 0) is 63.4 Å². The highest BCUT2D eigenvalue weighted by Crippen LogP contribution is 2.43. The minimum absolute atomic E-state index is 0.0146. The van der Waals surface area contributed by atoms with E-state index in [-0.39, 0.29) is 11.1 Å². The lowest BCUT2D eigenvalue weighted by atomic mass is 9.72. The van der Waals surface area contributed by atoms with Gasteiger partial charge < -0.3 is 15.0 Å². The monoisotopic (exact) mass is 375 g/mol. The second-order valence-corrected chi connectivity index (χ2v) is 8.84. The summed E-state index contributed by atoms with van der Waals surface area (Å²) < 4.78 is 6.16. The van der Waals surface area contributed by atoms with Crippen LogP contribution in [-0.4, -0.2) is 45.5 Å². The number of fused-ring (bicyclic) bond motifs is 1. The van der Waals surface area contributed by atoms with E-state index in [9.17, 15) is 0 Å². The number of aromatic nitrogens is 3. The molecule has 2 saturated heterocycles. The molecule has 3 fully saturated rings. The molecule has 3 aliphatic rings. The lowest BCUT2D eigenvalue weighted by Gasteiger charge is -2.63. The third-order valence-corrected chi connectivity index (χ3v) is 6.97. The first-order valence-corrected chi connectivity index (χ1v) is 10.2. The molecule has 2 unspecified atom stereocenters. The highest BCUT2D eigenvalue weighted by Gasteiger charge is 2.54. The van der Waals surface area contributed by atoms with E-state index >= 15 is 0 Å². The topological polar surface area (TPSA) is 66.1 Å². The fourth-order valence-corrected chi connectivity index (χ4v) is 4.58. The molecule has 1 aromatic carbocycles. The molecule has 2 atom stereocenters. The lowest BCUT2D eigenvalue weighted by molar-refractivity contribution is 0.115. The minimum atomic E-state index is 0.0146. The number of ether oxygens (including phenoxy) is 1. The van der Waals surface area contributed by atoms with E-state index in [4.69, 9.17) is 4.74 Å². The van der Waals surface area contributed by atoms with Crippen molar-refractivity contribution < 1.29 is 4.74 Å². The Morgan fingerprint density at radius 2 is 2.07 bits per heavy atom. The Labute approximate surface area is 164 Å². The highest BCUT2D eigenvalue weighted by molar-refractivity contribution is 5.94. The van der Waals surface area contributed by atoms with Gasteiger partial charge in [0.25, 0.3) is 0 Å². The maximum Gasteiger partial charge on any atom is 0.129 e. The summed E-state index contributed by atoms with van der Waals surface area (Å²) in [6.45, 7) is 6.55. The van der Waals surface area contributed by atoms with Crippen molar-refractivity contribution in [1.82, 2.24) is 20.5 Å². The van der Waals surface area contributed by atoms with Gasteiger partial charge in [0.2, 0.25) is 0 Å². The number of nitrogens with zero attached hydrogens (tertiary/aromatic N) is 3. The molecule has 0 amide bonds. The predicted octanol–water partition coefficient (Wildman–Crippen LogP) is 3.50. The molecular formula is C22H25N5O. The quantitative estimate of drug-likeness (QED) is 0.731. The summed E-state index contributed by atoms with van der Waals surface area (Å²) in [6.07, 6.45) is 5.39. The number of hydrogen-bond acceptors (Lipinski definition) is 5. The van der Waals surface area contributed by atoms with Crippen LogP contribution < -0.4 is 15.0 Å². The van der Waals surface area contributed by atoms with Crippen LogP contribution in [0.5, 0.6) is 5.75 Å². The Balaban J connectivity index is 1.36. The van der Waals surface area contributed by atoms with Crippen molar-refractivity contribution in [3.8, 4) is 17.0 Å². The fraction of sp³-hybridized carbons (Fsp3) is 0.455. The summed E-state index contributed by atoms with van der Waals surface area (Å²) in [4.78, 5) is 7.13. The lowest BCUT2D eigenvalue weighted by Crippen LogP contribution is -2.81. The van der Waals surface area contributed by atoms with Gasteiger partial charge in [-0.1, -0.05) is 0 Å². The third-order valence-electron chi connectivity index (χ3n) is 6.97. The van der Waals surface area contributed by atoms with Gasteiger partial charge in [0.15, 0.2) is 0 Å². The Kier molecular flexibility index (Phi) is 3.20. The Hall–Kier alpha value is -2.60. The summed E-state index contributed by atoms with van der Waals surface area (Å²) in [7, 11) is 0. The molecule has 1 aliphatic carbocycles. The van der Waals surface area contributed by atoms with Crippen molar-refractivity contribution in [1.29, 1.82) is 0 Å². The summed E-state index contributed by atoms with van der Waals surface area (Å²) in [5, 5.41) is 12.4. The summed E-state index contributed by atoms with van der Waals surface area (Å²) in [5.41, 5.74) is 3.34. The number of nitrogens with one attached hydrogen (secondary N) is 2. The molecule has 4 heterocycles. The zero-order chi connectivity index (χ0) is 18.9. The van der Waals surface area contributed by atoms with E-state index in [1.807, 2.05) is 18.3 Å². The van der Waals surface area contributed by atoms with Gasteiger partial charge in [-0.3, -0.25) is 5.10 Å². The molecule has 2 N–H and O–H groups in total. The molecule has 144 valence electrons. The van der Waals surface area contributed by atoms with Gasteiger partial charge in [0.1, 0.15) is 22.9 Å². The van der Waals surface area contributed by atoms with E-state index in [2.05, 4.69) is 57.4 Å². The molecular weight excluding hydrogens is 350 g/mol. The first-order chi connectivity index (χ1) is 13.6. The number of pyridine rings is 1. The second kappa shape index (κ2) is 5.47. The van der Waals surface area contributed by atoms with Crippen molar-refractivity contribution in [3.05, 3.63) is 36.5 Å². The van der Waals surface area contributed by atoms with E-state index in [1.54, 1.807) is 0 Å². The van der Waals surface area contributed by atoms with Gasteiger partial charge in [-0.15, -0.1) is 0 Å². The molecule has 0 radical (unpaired) electrons. The molecule has 1 saturated carbocycles. The van der Waals surface area contributed by atoms with Crippen molar-refractivity contribution in [2.45, 2.75) is 50.3 Å². The third kappa shape index (κ3) is 2.30. The van der Waals surface area contributed by atoms with Crippen LogP contribution in [0.25, 0.3) is 22.2 Å². The van der Waals surface area contributed by atoms with Crippen molar-refractivity contribution in [2.24, 2.45) is 0 Å². The summed E-state index contributed by atoms with van der Waals surface area (Å²) in [5.74, 6) is 1.96. The average molecular weight is 375 g/mol. The molecule has 3 aromatic rings. The Morgan fingerprint density at radius 1 is 1.18 bits per heavy atom. The molecule has 6 rings (SSSR count). The van der Waals surface area contributed by atoms with Gasteiger partial charge in [-0.25, -0.2) is 4.98 Å². The van der Waals surface area contributed by atoms with E-state index in [0.29, 0.717) is 6.04 Å². The largest absolute Gasteiger partial charge is 0.488 e. The van der Waals surface area contributed by atoms with Gasteiger partial charge >= 0.3 is 0 Å². The number of rotatable bonds is 4. The summed E-state index contributed by atoms with van der Waals surface area (Å²) in [6, 6.07) is 10.9. The van der Waals surface area contributed by atoms with Crippen LogP contribution in [0.15, 0.2) is 36.5 Å². The molecule has 6 nitrogen and oxygen atoms in total. The standard InChI is InChI=1S/C22H25N5O/c1-14-22(13-24-14)8-10-27(22)19-11-15(5-9-23-19)20-17-12-16(28-21(2)6-7-21)3-4-18(17)25-26-20/h3-5,9,11-12,14,24H,6-8,10,13H2,1-2H3,(H,25,26). The van der Waals surface area contributed by atoms with Crippen LogP contribution in [0.2, 0.25) is 0 Å². The molecule has 2 aromatic heterocycles. The zero-order valence-corrected chi connectivity index (χ0v) is 16.3. The predicted molar refractivity (Wildman–Crippen MR) is 110 cm³/mol. The number of H-pyrrole nitrogens is 1. The van der Waals surface area contributed by atoms with Gasteiger partial charge in [0, 0.05) is 36.3 Å². The van der Waals surface area contributed by atoms with E-state index in [1.165, 1.54) is 6.42 Å². The number of aromatic amines is 1. The molecule has 1 spiro atoms. The second-order valence-electron chi connectivity index (χ2n) is 8.84. The Morgan fingerprint density at radius 3 is 2.75 bits per heavy atom. The van der Waals surface area contributed by atoms with Crippen molar-refractivity contribution >= 4 is 16.7 Å². The maximum absolute atomic E-state index is 6.16. The first kappa shape index (κ1) is 16.4. The van der Waals surface area contributed by atoms with Crippen molar-refractivity contribution in [2.75, 3.05) is 18.0 Å². The van der Waals surface area contributed by atoms with Crippen LogP contribution in [0.3, 0.4) is 0 Å². The summed E-state index contributed by atoms with van der Waals surface area (Å²) >= 11 is 0. The fourth-order valence-electron chi connectivity index (χ4n) is 4.58. The van der Waals surface area contributed by atoms with Crippen LogP contribution in [0.4, 0.5) is 5.82 Å². The number of anilines is 1. The average Bonchev–Trinajstić information content (AvgIpc) is 3.23. The Bertz CT molecular complexity index is 1070. The molecule has 0 bridgehead atoms. The molecule has 6 heteroatoms. The SMILES string of the molecule is CC1NCC12CCN2c1cc(-c2n[nH]c3ccc(OC4(C)CC4)cc23)ccn1. The van der Waals surface area contributed by atoms with Crippen LogP contribution >= 0.6 is 0 Å². The van der Waals surface area contributed by atoms with E-state index < -0.39 is 0 Å². The normalized spacial score (nSPS) is 27.5. The van der Waals surface area contributed by atoms with E-state index in [0.717, 1.165) is 59.7 Å². The number of benzene rings is 1.